The van der Waals surface area contributed by atoms with Crippen LogP contribution in [0.2, 0.25) is 0 Å². The molecule has 2 aromatic rings. The Hall–Kier alpha value is -2.83. The van der Waals surface area contributed by atoms with Crippen LogP contribution in [-0.2, 0) is 9.59 Å². The van der Waals surface area contributed by atoms with Gasteiger partial charge < -0.3 is 10.6 Å². The van der Waals surface area contributed by atoms with Crippen LogP contribution in [0.1, 0.15) is 23.6 Å². The fourth-order valence-electron chi connectivity index (χ4n) is 2.27. The van der Waals surface area contributed by atoms with E-state index in [1.54, 1.807) is 5.32 Å². The second kappa shape index (κ2) is 8.32. The van der Waals surface area contributed by atoms with Crippen LogP contribution < -0.4 is 10.6 Å². The van der Waals surface area contributed by atoms with Crippen LogP contribution in [0.5, 0.6) is 0 Å². The van der Waals surface area contributed by atoms with Gasteiger partial charge in [0, 0.05) is 13.0 Å². The smallest absolute Gasteiger partial charge is 0.348 e. The minimum absolute atomic E-state index is 0.252. The van der Waals surface area contributed by atoms with Crippen LogP contribution in [0.25, 0.3) is 0 Å². The van der Waals surface area contributed by atoms with Crippen molar-refractivity contribution in [1.29, 1.82) is 0 Å². The molecule has 25 heavy (non-hydrogen) atoms. The van der Waals surface area contributed by atoms with E-state index in [9.17, 15) is 22.8 Å². The predicted octanol–water partition coefficient (Wildman–Crippen LogP) is 2.96. The van der Waals surface area contributed by atoms with Gasteiger partial charge in [0.2, 0.25) is 5.91 Å². The molecule has 0 atom stereocenters. The van der Waals surface area contributed by atoms with Crippen molar-refractivity contribution in [3.05, 3.63) is 71.8 Å². The average molecular weight is 350 g/mol. The third-order valence-corrected chi connectivity index (χ3v) is 3.47. The zero-order valence-electron chi connectivity index (χ0n) is 13.2. The summed E-state index contributed by atoms with van der Waals surface area (Å²) in [5.41, 5.74) is 1.70. The summed E-state index contributed by atoms with van der Waals surface area (Å²) < 4.78 is 36.3. The fourth-order valence-corrected chi connectivity index (χ4v) is 2.27. The lowest BCUT2D eigenvalue weighted by Crippen LogP contribution is -2.39. The summed E-state index contributed by atoms with van der Waals surface area (Å²) in [6.45, 7) is -0.388. The maximum absolute atomic E-state index is 12.1. The van der Waals surface area contributed by atoms with Crippen LogP contribution >= 0.6 is 0 Å². The normalized spacial score (nSPS) is 11.2. The molecule has 0 bridgehead atoms. The number of alkyl halides is 3. The van der Waals surface area contributed by atoms with Gasteiger partial charge >= 0.3 is 12.1 Å². The molecule has 0 aromatic heterocycles. The quantitative estimate of drug-likeness (QED) is 0.842. The lowest BCUT2D eigenvalue weighted by atomic mass is 9.98. The Morgan fingerprint density at radius 3 is 1.80 bits per heavy atom. The van der Waals surface area contributed by atoms with Crippen molar-refractivity contribution in [1.82, 2.24) is 10.6 Å². The van der Waals surface area contributed by atoms with E-state index in [0.29, 0.717) is 0 Å². The molecular weight excluding hydrogens is 333 g/mol. The van der Waals surface area contributed by atoms with Crippen LogP contribution in [0.3, 0.4) is 0 Å². The predicted molar refractivity (Wildman–Crippen MR) is 86.6 cm³/mol. The number of rotatable bonds is 6. The number of carbonyl (C=O) groups excluding carboxylic acids is 2. The van der Waals surface area contributed by atoms with Crippen molar-refractivity contribution >= 4 is 11.8 Å². The highest BCUT2D eigenvalue weighted by Crippen LogP contribution is 2.21. The van der Waals surface area contributed by atoms with E-state index in [2.05, 4.69) is 5.32 Å². The molecule has 0 spiro atoms. The van der Waals surface area contributed by atoms with Gasteiger partial charge in [0.05, 0.1) is 6.04 Å². The van der Waals surface area contributed by atoms with Gasteiger partial charge in [-0.15, -0.1) is 0 Å². The topological polar surface area (TPSA) is 58.2 Å². The molecule has 2 N–H and O–H groups in total. The van der Waals surface area contributed by atoms with Gasteiger partial charge in [-0.25, -0.2) is 0 Å². The minimum atomic E-state index is -4.95. The number of hydrogen-bond acceptors (Lipinski definition) is 2. The summed E-state index contributed by atoms with van der Waals surface area (Å²) in [4.78, 5) is 22.8. The zero-order chi connectivity index (χ0) is 18.3. The van der Waals surface area contributed by atoms with Crippen LogP contribution in [0.4, 0.5) is 13.2 Å². The lowest BCUT2D eigenvalue weighted by molar-refractivity contribution is -0.173. The summed E-state index contributed by atoms with van der Waals surface area (Å²) in [5.74, 6) is -2.51. The Morgan fingerprint density at radius 2 is 1.36 bits per heavy atom. The van der Waals surface area contributed by atoms with Gasteiger partial charge in [-0.3, -0.25) is 9.59 Å². The molecule has 132 valence electrons. The maximum atomic E-state index is 12.1. The second-order valence-corrected chi connectivity index (χ2v) is 5.33. The second-order valence-electron chi connectivity index (χ2n) is 5.33. The van der Waals surface area contributed by atoms with Crippen LogP contribution in [0.15, 0.2) is 60.7 Å². The Bertz CT molecular complexity index is 664. The third kappa shape index (κ3) is 5.63. The number of hydrogen-bond donors (Lipinski definition) is 2. The first-order valence-corrected chi connectivity index (χ1v) is 7.62. The monoisotopic (exact) mass is 350 g/mol. The van der Waals surface area contributed by atoms with Gasteiger partial charge in [-0.05, 0) is 11.1 Å². The van der Waals surface area contributed by atoms with E-state index in [4.69, 9.17) is 0 Å². The summed E-state index contributed by atoms with van der Waals surface area (Å²) in [6, 6.07) is 18.0. The first kappa shape index (κ1) is 18.5. The Balaban J connectivity index is 2.00. The van der Waals surface area contributed by atoms with Crippen LogP contribution in [0, 0.1) is 0 Å². The van der Waals surface area contributed by atoms with E-state index in [0.717, 1.165) is 11.1 Å². The molecule has 0 aliphatic rings. The minimum Gasteiger partial charge on any atom is -0.348 e. The summed E-state index contributed by atoms with van der Waals surface area (Å²) >= 11 is 0. The van der Waals surface area contributed by atoms with Gasteiger partial charge in [0.25, 0.3) is 0 Å². The van der Waals surface area contributed by atoms with Crippen molar-refractivity contribution in [3.63, 3.8) is 0 Å². The molecule has 0 saturated heterocycles. The summed E-state index contributed by atoms with van der Waals surface area (Å²) in [6.07, 6.45) is -5.20. The molecule has 2 amide bonds. The number of benzene rings is 2. The molecule has 0 radical (unpaired) electrons. The highest BCUT2D eigenvalue weighted by Gasteiger charge is 2.38. The molecule has 7 heteroatoms. The molecule has 2 aromatic carbocycles. The average Bonchev–Trinajstić information content (AvgIpc) is 2.60. The largest absolute Gasteiger partial charge is 0.471 e. The number of halogens is 3. The highest BCUT2D eigenvalue weighted by molar-refractivity contribution is 5.82. The molecule has 0 aliphatic heterocycles. The number of carbonyl (C=O) groups is 2. The number of amides is 2. The van der Waals surface area contributed by atoms with Crippen molar-refractivity contribution in [2.45, 2.75) is 18.6 Å². The van der Waals surface area contributed by atoms with Crippen molar-refractivity contribution in [2.75, 3.05) is 6.54 Å². The van der Waals surface area contributed by atoms with E-state index in [1.807, 2.05) is 60.7 Å². The van der Waals surface area contributed by atoms with Crippen molar-refractivity contribution in [2.24, 2.45) is 0 Å². The molecule has 0 saturated carbocycles. The fraction of sp³-hybridized carbons (Fsp3) is 0.222. The van der Waals surface area contributed by atoms with Gasteiger partial charge in [-0.1, -0.05) is 60.7 Å². The van der Waals surface area contributed by atoms with Gasteiger partial charge in [0.15, 0.2) is 0 Å². The molecule has 2 rings (SSSR count). The summed E-state index contributed by atoms with van der Waals surface area (Å²) in [7, 11) is 0. The summed E-state index contributed by atoms with van der Waals surface area (Å²) in [5, 5.41) is 4.47. The molecular formula is C18H17F3N2O2. The Labute approximate surface area is 143 Å². The molecule has 0 unspecified atom stereocenters. The molecule has 0 aliphatic carbocycles. The highest BCUT2D eigenvalue weighted by atomic mass is 19.4. The first-order valence-electron chi connectivity index (χ1n) is 7.62. The number of nitrogens with one attached hydrogen (secondary N) is 2. The van der Waals surface area contributed by atoms with Crippen LogP contribution in [-0.4, -0.2) is 24.5 Å². The van der Waals surface area contributed by atoms with Gasteiger partial charge in [-0.2, -0.15) is 13.2 Å². The van der Waals surface area contributed by atoms with E-state index in [-0.39, 0.29) is 13.0 Å². The van der Waals surface area contributed by atoms with Gasteiger partial charge in [0.1, 0.15) is 0 Å². The first-order chi connectivity index (χ1) is 11.9. The Kier molecular flexibility index (Phi) is 6.16. The van der Waals surface area contributed by atoms with E-state index < -0.39 is 24.0 Å². The van der Waals surface area contributed by atoms with Crippen molar-refractivity contribution in [3.8, 4) is 0 Å². The SMILES string of the molecule is O=C(CCNC(=O)C(F)(F)F)NC(c1ccccc1)c1ccccc1. The molecule has 0 fully saturated rings. The van der Waals surface area contributed by atoms with E-state index >= 15 is 0 Å². The zero-order valence-corrected chi connectivity index (χ0v) is 13.2. The standard InChI is InChI=1S/C18H17F3N2O2/c19-18(20,21)17(25)22-12-11-15(24)23-16(13-7-3-1-4-8-13)14-9-5-2-6-10-14/h1-10,16H,11-12H2,(H,22,25)(H,23,24). The van der Waals surface area contributed by atoms with Crippen molar-refractivity contribution < 1.29 is 22.8 Å². The Morgan fingerprint density at radius 1 is 0.880 bits per heavy atom. The molecule has 4 nitrogen and oxygen atoms in total. The molecule has 0 heterocycles. The maximum Gasteiger partial charge on any atom is 0.471 e. The lowest BCUT2D eigenvalue weighted by Gasteiger charge is -2.20. The third-order valence-electron chi connectivity index (χ3n) is 3.47. The van der Waals surface area contributed by atoms with E-state index in [1.165, 1.54) is 0 Å².